The van der Waals surface area contributed by atoms with Gasteiger partial charge in [0, 0.05) is 50.8 Å². The summed E-state index contributed by atoms with van der Waals surface area (Å²) >= 11 is 12.6. The van der Waals surface area contributed by atoms with E-state index < -0.39 is 0 Å². The van der Waals surface area contributed by atoms with Gasteiger partial charge in [0.05, 0.1) is 26.6 Å². The van der Waals surface area contributed by atoms with Crippen LogP contribution in [0.15, 0.2) is 65.7 Å². The molecule has 0 amide bonds. The minimum Gasteiger partial charge on any atom is -0.324 e. The van der Waals surface area contributed by atoms with E-state index in [2.05, 4.69) is 37.6 Å². The molecule has 2 N–H and O–H groups in total. The van der Waals surface area contributed by atoms with E-state index in [9.17, 15) is 4.79 Å². The van der Waals surface area contributed by atoms with Crippen LogP contribution in [0.3, 0.4) is 0 Å². The number of pyridine rings is 1. The summed E-state index contributed by atoms with van der Waals surface area (Å²) < 4.78 is 1.42. The molecule has 0 spiro atoms. The molecule has 1 fully saturated rings. The van der Waals surface area contributed by atoms with Crippen molar-refractivity contribution in [2.45, 2.75) is 6.54 Å². The van der Waals surface area contributed by atoms with Crippen molar-refractivity contribution >= 4 is 45.7 Å². The van der Waals surface area contributed by atoms with E-state index in [1.165, 1.54) is 16.3 Å². The largest absolute Gasteiger partial charge is 0.324 e. The summed E-state index contributed by atoms with van der Waals surface area (Å²) in [6.45, 7) is 5.14. The lowest BCUT2D eigenvalue weighted by atomic mass is 10.2. The molecule has 0 bridgehead atoms. The predicted octanol–water partition coefficient (Wildman–Crippen LogP) is 4.24. The number of benzene rings is 2. The molecule has 0 saturated carbocycles. The molecule has 1 saturated heterocycles. The van der Waals surface area contributed by atoms with E-state index in [1.54, 1.807) is 30.5 Å². The van der Waals surface area contributed by atoms with Gasteiger partial charge in [0.25, 0.3) is 5.56 Å². The van der Waals surface area contributed by atoms with Crippen molar-refractivity contribution in [1.82, 2.24) is 24.8 Å². The number of nitrogens with zero attached hydrogens (tertiary/aromatic N) is 4. The number of fused-ring (bicyclic) bond motifs is 1. The molecule has 0 atom stereocenters. The van der Waals surface area contributed by atoms with Crippen molar-refractivity contribution < 1.29 is 0 Å². The number of nitrogens with one attached hydrogen (secondary N) is 2. The Morgan fingerprint density at radius 1 is 1.00 bits per heavy atom. The van der Waals surface area contributed by atoms with Gasteiger partial charge in [-0.2, -0.15) is 0 Å². The molecule has 2 aromatic carbocycles. The smallest absolute Gasteiger partial charge is 0.266 e. The van der Waals surface area contributed by atoms with E-state index in [4.69, 9.17) is 23.2 Å². The SMILES string of the molecule is O=c1c2cnc(Nc3ccc(CN4CCNCC4)cc3)nc2ccn1-c1c(Cl)cccc1Cl. The predicted molar refractivity (Wildman–Crippen MR) is 133 cm³/mol. The standard InChI is InChI=1S/C24H22Cl2N6O/c25-19-2-1-3-20(26)22(19)32-11-8-21-18(23(32)33)14-28-24(30-21)29-17-6-4-16(5-7-17)15-31-12-9-27-10-13-31/h1-8,11,14,27H,9-10,12-13,15H2,(H,28,29,30). The maximum atomic E-state index is 13.0. The first-order chi connectivity index (χ1) is 16.1. The lowest BCUT2D eigenvalue weighted by molar-refractivity contribution is 0.233. The molecule has 0 radical (unpaired) electrons. The maximum Gasteiger partial charge on any atom is 0.266 e. The highest BCUT2D eigenvalue weighted by molar-refractivity contribution is 6.37. The van der Waals surface area contributed by atoms with Gasteiger partial charge in [0.15, 0.2) is 0 Å². The van der Waals surface area contributed by atoms with Crippen molar-refractivity contribution in [1.29, 1.82) is 0 Å². The number of anilines is 2. The highest BCUT2D eigenvalue weighted by Crippen LogP contribution is 2.27. The number of aromatic nitrogens is 3. The molecule has 4 aromatic rings. The van der Waals surface area contributed by atoms with Crippen molar-refractivity contribution in [3.05, 3.63) is 86.9 Å². The minimum atomic E-state index is -0.286. The molecule has 1 aliphatic heterocycles. The molecule has 5 rings (SSSR count). The monoisotopic (exact) mass is 480 g/mol. The zero-order valence-electron chi connectivity index (χ0n) is 17.8. The Bertz CT molecular complexity index is 1330. The van der Waals surface area contributed by atoms with Gasteiger partial charge in [0.1, 0.15) is 0 Å². The summed E-state index contributed by atoms with van der Waals surface area (Å²) in [5.41, 5.74) is 2.84. The van der Waals surface area contributed by atoms with Crippen LogP contribution in [0.5, 0.6) is 0 Å². The van der Waals surface area contributed by atoms with E-state index in [-0.39, 0.29) is 5.56 Å². The number of halogens is 2. The van der Waals surface area contributed by atoms with Gasteiger partial charge in [-0.25, -0.2) is 9.97 Å². The van der Waals surface area contributed by atoms with Crippen LogP contribution in [0.1, 0.15) is 5.56 Å². The molecule has 2 aromatic heterocycles. The Hall–Kier alpha value is -2.97. The fourth-order valence-electron chi connectivity index (χ4n) is 3.93. The Morgan fingerprint density at radius 3 is 2.45 bits per heavy atom. The van der Waals surface area contributed by atoms with Gasteiger partial charge in [-0.05, 0) is 35.9 Å². The van der Waals surface area contributed by atoms with Crippen LogP contribution in [0.25, 0.3) is 16.6 Å². The van der Waals surface area contributed by atoms with E-state index in [0.29, 0.717) is 32.6 Å². The maximum absolute atomic E-state index is 13.0. The number of hydrogen-bond donors (Lipinski definition) is 2. The van der Waals surface area contributed by atoms with Gasteiger partial charge in [-0.15, -0.1) is 0 Å². The molecule has 9 heteroatoms. The lowest BCUT2D eigenvalue weighted by Crippen LogP contribution is -2.42. The molecular weight excluding hydrogens is 459 g/mol. The van der Waals surface area contributed by atoms with Crippen LogP contribution in [-0.2, 0) is 6.54 Å². The van der Waals surface area contributed by atoms with Crippen LogP contribution >= 0.6 is 23.2 Å². The molecular formula is C24H22Cl2N6O. The molecule has 0 aliphatic carbocycles. The first kappa shape index (κ1) is 21.9. The van der Waals surface area contributed by atoms with Crippen LogP contribution in [0, 0.1) is 0 Å². The van der Waals surface area contributed by atoms with Gasteiger partial charge in [-0.3, -0.25) is 14.3 Å². The second-order valence-corrected chi connectivity index (χ2v) is 8.72. The van der Waals surface area contributed by atoms with Gasteiger partial charge in [-0.1, -0.05) is 41.4 Å². The minimum absolute atomic E-state index is 0.286. The molecule has 3 heterocycles. The Balaban J connectivity index is 1.36. The molecule has 7 nitrogen and oxygen atoms in total. The highest BCUT2D eigenvalue weighted by Gasteiger charge is 2.13. The Kier molecular flexibility index (Phi) is 6.28. The number of piperazine rings is 1. The number of rotatable bonds is 5. The highest BCUT2D eigenvalue weighted by atomic mass is 35.5. The number of hydrogen-bond acceptors (Lipinski definition) is 6. The summed E-state index contributed by atoms with van der Waals surface area (Å²) in [5.74, 6) is 0.422. The quantitative estimate of drug-likeness (QED) is 0.445. The van der Waals surface area contributed by atoms with Crippen LogP contribution in [0.2, 0.25) is 10.0 Å². The van der Waals surface area contributed by atoms with Gasteiger partial charge < -0.3 is 10.6 Å². The van der Waals surface area contributed by atoms with Crippen LogP contribution in [0.4, 0.5) is 11.6 Å². The van der Waals surface area contributed by atoms with Crippen molar-refractivity contribution in [3.8, 4) is 5.69 Å². The normalized spacial score (nSPS) is 14.5. The summed E-state index contributed by atoms with van der Waals surface area (Å²) in [6.07, 6.45) is 3.15. The summed E-state index contributed by atoms with van der Waals surface area (Å²) in [7, 11) is 0. The van der Waals surface area contributed by atoms with Gasteiger partial charge >= 0.3 is 0 Å². The third kappa shape index (κ3) is 4.72. The molecule has 0 unspecified atom stereocenters. The molecule has 33 heavy (non-hydrogen) atoms. The first-order valence-corrected chi connectivity index (χ1v) is 11.5. The topological polar surface area (TPSA) is 75.1 Å². The molecule has 1 aliphatic rings. The summed E-state index contributed by atoms with van der Waals surface area (Å²) in [5, 5.41) is 7.75. The third-order valence-corrected chi connectivity index (χ3v) is 6.26. The zero-order valence-corrected chi connectivity index (χ0v) is 19.3. The Labute approximate surface area is 201 Å². The van der Waals surface area contributed by atoms with Crippen molar-refractivity contribution in [2.75, 3.05) is 31.5 Å². The van der Waals surface area contributed by atoms with Crippen molar-refractivity contribution in [2.24, 2.45) is 0 Å². The van der Waals surface area contributed by atoms with Crippen LogP contribution in [-0.4, -0.2) is 45.6 Å². The summed E-state index contributed by atoms with van der Waals surface area (Å²) in [4.78, 5) is 24.3. The van der Waals surface area contributed by atoms with Gasteiger partial charge in [0.2, 0.25) is 5.95 Å². The second-order valence-electron chi connectivity index (χ2n) is 7.90. The van der Waals surface area contributed by atoms with E-state index in [1.807, 2.05) is 12.1 Å². The summed E-state index contributed by atoms with van der Waals surface area (Å²) in [6, 6.07) is 15.1. The van der Waals surface area contributed by atoms with E-state index >= 15 is 0 Å². The second kappa shape index (κ2) is 9.49. The average molecular weight is 481 g/mol. The Morgan fingerprint density at radius 2 is 1.73 bits per heavy atom. The zero-order chi connectivity index (χ0) is 22.8. The first-order valence-electron chi connectivity index (χ1n) is 10.7. The molecule has 168 valence electrons. The van der Waals surface area contributed by atoms with E-state index in [0.717, 1.165) is 38.4 Å². The fraction of sp³-hybridized carbons (Fsp3) is 0.208. The third-order valence-electron chi connectivity index (χ3n) is 5.65. The fourth-order valence-corrected chi connectivity index (χ4v) is 4.51. The number of para-hydroxylation sites is 1. The van der Waals surface area contributed by atoms with Crippen molar-refractivity contribution in [3.63, 3.8) is 0 Å². The average Bonchev–Trinajstić information content (AvgIpc) is 2.82. The van der Waals surface area contributed by atoms with Crippen LogP contribution < -0.4 is 16.2 Å². The lowest BCUT2D eigenvalue weighted by Gasteiger charge is -2.27.